The summed E-state index contributed by atoms with van der Waals surface area (Å²) in [6.07, 6.45) is 0. The van der Waals surface area contributed by atoms with Gasteiger partial charge in [-0.25, -0.2) is 0 Å². The smallest absolute Gasteiger partial charge is 0.313 e. The van der Waals surface area contributed by atoms with Crippen molar-refractivity contribution in [1.29, 1.82) is 0 Å². The van der Waals surface area contributed by atoms with Gasteiger partial charge in [0.25, 0.3) is 0 Å². The van der Waals surface area contributed by atoms with Gasteiger partial charge in [0.2, 0.25) is 0 Å². The zero-order valence-electron chi connectivity index (χ0n) is 9.73. The quantitative estimate of drug-likeness (QED) is 0.763. The lowest BCUT2D eigenvalue weighted by molar-refractivity contribution is -0.152. The molecule has 1 aromatic carbocycles. The van der Waals surface area contributed by atoms with Crippen LogP contribution < -0.4 is 5.73 Å². The molecule has 3 N–H and O–H groups in total. The summed E-state index contributed by atoms with van der Waals surface area (Å²) in [6, 6.07) is 6.01. The van der Waals surface area contributed by atoms with E-state index >= 15 is 0 Å². The molecule has 1 rings (SSSR count). The van der Waals surface area contributed by atoms with E-state index < -0.39 is 11.5 Å². The first-order valence-electron chi connectivity index (χ1n) is 5.02. The number of carbonyl (C=O) groups is 1. The minimum absolute atomic E-state index is 0.173. The Bertz CT molecular complexity index is 370. The van der Waals surface area contributed by atoms with Gasteiger partial charge in [-0.15, -0.1) is 0 Å². The number of esters is 1. The molecule has 1 aromatic rings. The highest BCUT2D eigenvalue weighted by atomic mass is 16.5. The van der Waals surface area contributed by atoms with Gasteiger partial charge in [0.05, 0.1) is 12.5 Å². The van der Waals surface area contributed by atoms with Gasteiger partial charge < -0.3 is 15.6 Å². The van der Waals surface area contributed by atoms with E-state index in [9.17, 15) is 4.79 Å². The SMILES string of the molecule is COC(=O)C(C)(C)[C@H](N)c1ccc(O)cc1. The number of aromatic hydroxyl groups is 1. The first kappa shape index (κ1) is 12.5. The number of nitrogens with two attached hydrogens (primary N) is 1. The number of methoxy groups -OCH3 is 1. The molecule has 4 nitrogen and oxygen atoms in total. The number of benzene rings is 1. The third-order valence-corrected chi connectivity index (χ3v) is 2.74. The summed E-state index contributed by atoms with van der Waals surface area (Å²) in [5, 5.41) is 9.16. The third-order valence-electron chi connectivity index (χ3n) is 2.74. The average molecular weight is 223 g/mol. The molecule has 0 amide bonds. The summed E-state index contributed by atoms with van der Waals surface area (Å²) >= 11 is 0. The van der Waals surface area contributed by atoms with Gasteiger partial charge in [0.15, 0.2) is 0 Å². The summed E-state index contributed by atoms with van der Waals surface area (Å²) < 4.78 is 4.71. The first-order valence-corrected chi connectivity index (χ1v) is 5.02. The van der Waals surface area contributed by atoms with E-state index in [1.807, 2.05) is 0 Å². The van der Waals surface area contributed by atoms with E-state index in [0.29, 0.717) is 0 Å². The summed E-state index contributed by atoms with van der Waals surface area (Å²) in [7, 11) is 1.34. The van der Waals surface area contributed by atoms with Gasteiger partial charge in [-0.1, -0.05) is 12.1 Å². The topological polar surface area (TPSA) is 72.5 Å². The van der Waals surface area contributed by atoms with E-state index in [1.54, 1.807) is 38.1 Å². The molecular formula is C12H17NO3. The average Bonchev–Trinajstić information content (AvgIpc) is 2.28. The highest BCUT2D eigenvalue weighted by Gasteiger charge is 2.36. The molecule has 0 heterocycles. The van der Waals surface area contributed by atoms with Crippen LogP contribution in [0.5, 0.6) is 5.75 Å². The number of rotatable bonds is 3. The fraction of sp³-hybridized carbons (Fsp3) is 0.417. The Kier molecular flexibility index (Phi) is 3.55. The molecule has 88 valence electrons. The molecule has 0 fully saturated rings. The molecule has 0 bridgehead atoms. The van der Waals surface area contributed by atoms with Gasteiger partial charge in [-0.3, -0.25) is 4.79 Å². The van der Waals surface area contributed by atoms with Crippen molar-refractivity contribution < 1.29 is 14.6 Å². The molecule has 0 aliphatic heterocycles. The molecule has 0 spiro atoms. The lowest BCUT2D eigenvalue weighted by Crippen LogP contribution is -2.37. The zero-order chi connectivity index (χ0) is 12.3. The molecule has 0 aliphatic carbocycles. The van der Waals surface area contributed by atoms with Gasteiger partial charge >= 0.3 is 5.97 Å². The Morgan fingerprint density at radius 2 is 1.88 bits per heavy atom. The van der Waals surface area contributed by atoms with Crippen molar-refractivity contribution in [3.63, 3.8) is 0 Å². The predicted octanol–water partition coefficient (Wildman–Crippen LogP) is 1.59. The van der Waals surface area contributed by atoms with Crippen LogP contribution >= 0.6 is 0 Å². The van der Waals surface area contributed by atoms with Crippen LogP contribution in [0, 0.1) is 5.41 Å². The lowest BCUT2D eigenvalue weighted by atomic mass is 9.81. The second kappa shape index (κ2) is 4.53. The molecule has 0 aliphatic rings. The molecule has 1 atom stereocenters. The van der Waals surface area contributed by atoms with Gasteiger partial charge in [-0.2, -0.15) is 0 Å². The van der Waals surface area contributed by atoms with E-state index in [2.05, 4.69) is 0 Å². The second-order valence-electron chi connectivity index (χ2n) is 4.28. The maximum atomic E-state index is 11.6. The molecule has 0 saturated heterocycles. The number of hydrogen-bond acceptors (Lipinski definition) is 4. The number of hydrogen-bond donors (Lipinski definition) is 2. The van der Waals surface area contributed by atoms with Crippen LogP contribution in [0.2, 0.25) is 0 Å². The van der Waals surface area contributed by atoms with Crippen LogP contribution in [0.1, 0.15) is 25.5 Å². The Balaban J connectivity index is 2.97. The third kappa shape index (κ3) is 2.33. The molecule has 0 saturated carbocycles. The maximum Gasteiger partial charge on any atom is 0.313 e. The number of phenols is 1. The van der Waals surface area contributed by atoms with Crippen molar-refractivity contribution >= 4 is 5.97 Å². The standard InChI is InChI=1S/C12H17NO3/c1-12(2,11(15)16-3)10(13)8-4-6-9(14)7-5-8/h4-7,10,14H,13H2,1-3H3/t10-/m1/s1. The van der Waals surface area contributed by atoms with Crippen LogP contribution in [0.3, 0.4) is 0 Å². The summed E-state index contributed by atoms with van der Waals surface area (Å²) in [5.74, 6) is -0.181. The van der Waals surface area contributed by atoms with Gasteiger partial charge in [0.1, 0.15) is 5.75 Å². The van der Waals surface area contributed by atoms with Crippen LogP contribution in [0.25, 0.3) is 0 Å². The minimum Gasteiger partial charge on any atom is -0.508 e. The number of carbonyl (C=O) groups excluding carboxylic acids is 1. The Hall–Kier alpha value is -1.55. The number of ether oxygens (including phenoxy) is 1. The van der Waals surface area contributed by atoms with Gasteiger partial charge in [-0.05, 0) is 31.5 Å². The Labute approximate surface area is 95.0 Å². The normalized spacial score (nSPS) is 13.2. The summed E-state index contributed by atoms with van der Waals surface area (Å²) in [6.45, 7) is 3.46. The molecule has 16 heavy (non-hydrogen) atoms. The molecular weight excluding hydrogens is 206 g/mol. The van der Waals surface area contributed by atoms with Crippen LogP contribution in [0.15, 0.2) is 24.3 Å². The van der Waals surface area contributed by atoms with Crippen molar-refractivity contribution in [3.05, 3.63) is 29.8 Å². The number of phenolic OH excluding ortho intramolecular Hbond substituents is 1. The lowest BCUT2D eigenvalue weighted by Gasteiger charge is -2.28. The first-order chi connectivity index (χ1) is 7.39. The summed E-state index contributed by atoms with van der Waals surface area (Å²) in [5.41, 5.74) is 6.00. The second-order valence-corrected chi connectivity index (χ2v) is 4.28. The summed E-state index contributed by atoms with van der Waals surface area (Å²) in [4.78, 5) is 11.6. The van der Waals surface area contributed by atoms with E-state index in [-0.39, 0.29) is 11.7 Å². The van der Waals surface area contributed by atoms with Gasteiger partial charge in [0, 0.05) is 6.04 Å². The molecule has 0 unspecified atom stereocenters. The van der Waals surface area contributed by atoms with Crippen molar-refractivity contribution in [2.45, 2.75) is 19.9 Å². The fourth-order valence-electron chi connectivity index (χ4n) is 1.49. The zero-order valence-corrected chi connectivity index (χ0v) is 9.73. The van der Waals surface area contributed by atoms with Crippen LogP contribution in [-0.2, 0) is 9.53 Å². The fourth-order valence-corrected chi connectivity index (χ4v) is 1.49. The predicted molar refractivity (Wildman–Crippen MR) is 60.8 cm³/mol. The van der Waals surface area contributed by atoms with E-state index in [1.165, 1.54) is 7.11 Å². The Morgan fingerprint density at radius 1 is 1.38 bits per heavy atom. The van der Waals surface area contributed by atoms with Crippen molar-refractivity contribution in [2.24, 2.45) is 11.1 Å². The minimum atomic E-state index is -0.800. The molecule has 0 aromatic heterocycles. The van der Waals surface area contributed by atoms with Crippen molar-refractivity contribution in [2.75, 3.05) is 7.11 Å². The largest absolute Gasteiger partial charge is 0.508 e. The maximum absolute atomic E-state index is 11.6. The molecule has 0 radical (unpaired) electrons. The van der Waals surface area contributed by atoms with Crippen LogP contribution in [0.4, 0.5) is 0 Å². The molecule has 4 heteroatoms. The van der Waals surface area contributed by atoms with Crippen molar-refractivity contribution in [3.8, 4) is 5.75 Å². The Morgan fingerprint density at radius 3 is 2.31 bits per heavy atom. The highest BCUT2D eigenvalue weighted by molar-refractivity contribution is 5.77. The highest BCUT2D eigenvalue weighted by Crippen LogP contribution is 2.32. The van der Waals surface area contributed by atoms with E-state index in [4.69, 9.17) is 15.6 Å². The van der Waals surface area contributed by atoms with E-state index in [0.717, 1.165) is 5.56 Å². The monoisotopic (exact) mass is 223 g/mol. The van der Waals surface area contributed by atoms with Crippen molar-refractivity contribution in [1.82, 2.24) is 0 Å². The van der Waals surface area contributed by atoms with Crippen LogP contribution in [-0.4, -0.2) is 18.2 Å².